The minimum Gasteiger partial charge on any atom is -0.272 e. The van der Waals surface area contributed by atoms with Gasteiger partial charge in [-0.25, -0.2) is 5.43 Å². The molecule has 0 aliphatic heterocycles. The van der Waals surface area contributed by atoms with E-state index in [-0.39, 0.29) is 27.8 Å². The molecule has 0 bridgehead atoms. The molecule has 0 aliphatic carbocycles. The summed E-state index contributed by atoms with van der Waals surface area (Å²) in [6.45, 7) is 8.52. The van der Waals surface area contributed by atoms with Crippen LogP contribution in [-0.4, -0.2) is 37.6 Å². The normalized spacial score (nSPS) is 11.6. The van der Waals surface area contributed by atoms with E-state index < -0.39 is 4.92 Å². The second kappa shape index (κ2) is 11.8. The third-order valence-electron chi connectivity index (χ3n) is 5.84. The summed E-state index contributed by atoms with van der Waals surface area (Å²) in [5.74, 6) is 0.337. The number of carbonyl (C=O) groups excluding carboxylic acids is 1. The van der Waals surface area contributed by atoms with Crippen molar-refractivity contribution >= 4 is 41.2 Å². The van der Waals surface area contributed by atoms with Gasteiger partial charge in [0.15, 0.2) is 11.0 Å². The number of nitrogens with one attached hydrogen (secondary N) is 1. The fourth-order valence-electron chi connectivity index (χ4n) is 3.69. The molecule has 3 aromatic carbocycles. The van der Waals surface area contributed by atoms with E-state index in [1.54, 1.807) is 6.07 Å². The van der Waals surface area contributed by atoms with Crippen LogP contribution in [0.2, 0.25) is 5.02 Å². The van der Waals surface area contributed by atoms with Crippen molar-refractivity contribution in [2.75, 3.05) is 5.75 Å². The van der Waals surface area contributed by atoms with E-state index >= 15 is 0 Å². The number of aromatic nitrogens is 3. The molecule has 0 saturated heterocycles. The topological polar surface area (TPSA) is 115 Å². The lowest BCUT2D eigenvalue weighted by Gasteiger charge is -2.19. The van der Waals surface area contributed by atoms with Crippen molar-refractivity contribution in [3.05, 3.63) is 98.6 Å². The highest BCUT2D eigenvalue weighted by Gasteiger charge is 2.19. The van der Waals surface area contributed by atoms with Crippen LogP contribution < -0.4 is 5.43 Å². The Morgan fingerprint density at radius 1 is 1.10 bits per heavy atom. The maximum Gasteiger partial charge on any atom is 0.288 e. The van der Waals surface area contributed by atoms with Gasteiger partial charge in [0.05, 0.1) is 16.9 Å². The van der Waals surface area contributed by atoms with Crippen LogP contribution >= 0.6 is 23.4 Å². The highest BCUT2D eigenvalue weighted by Crippen LogP contribution is 2.30. The molecule has 0 aliphatic rings. The first-order valence-electron chi connectivity index (χ1n) is 12.0. The van der Waals surface area contributed by atoms with Gasteiger partial charge in [-0.2, -0.15) is 5.10 Å². The van der Waals surface area contributed by atoms with Crippen molar-refractivity contribution in [1.29, 1.82) is 0 Å². The molecule has 1 aromatic heterocycles. The number of rotatable bonds is 8. The van der Waals surface area contributed by atoms with Crippen LogP contribution in [0.1, 0.15) is 37.5 Å². The van der Waals surface area contributed by atoms with Gasteiger partial charge in [-0.1, -0.05) is 92.2 Å². The molecule has 9 nitrogen and oxygen atoms in total. The molecule has 4 aromatic rings. The number of hydrogen-bond acceptors (Lipinski definition) is 7. The van der Waals surface area contributed by atoms with Gasteiger partial charge in [0.2, 0.25) is 0 Å². The van der Waals surface area contributed by atoms with Crippen LogP contribution in [0.4, 0.5) is 5.69 Å². The Morgan fingerprint density at radius 2 is 1.79 bits per heavy atom. The second-order valence-corrected chi connectivity index (χ2v) is 11.2. The molecular formula is C28H27ClN6O3S. The monoisotopic (exact) mass is 562 g/mol. The van der Waals surface area contributed by atoms with Crippen LogP contribution in [0.15, 0.2) is 77.0 Å². The lowest BCUT2D eigenvalue weighted by atomic mass is 9.87. The first-order chi connectivity index (χ1) is 18.5. The maximum absolute atomic E-state index is 12.5. The number of hydrazone groups is 1. The zero-order chi connectivity index (χ0) is 28.2. The first kappa shape index (κ1) is 28.0. The Balaban J connectivity index is 1.52. The highest BCUT2D eigenvalue weighted by molar-refractivity contribution is 7.99. The van der Waals surface area contributed by atoms with Crippen molar-refractivity contribution < 1.29 is 9.72 Å². The molecule has 11 heteroatoms. The number of amides is 1. The summed E-state index contributed by atoms with van der Waals surface area (Å²) in [6.07, 6.45) is 1.32. The van der Waals surface area contributed by atoms with Crippen molar-refractivity contribution in [3.63, 3.8) is 0 Å². The van der Waals surface area contributed by atoms with E-state index in [0.717, 1.165) is 16.8 Å². The predicted molar refractivity (Wildman–Crippen MR) is 155 cm³/mol. The van der Waals surface area contributed by atoms with Gasteiger partial charge in [-0.3, -0.25) is 19.5 Å². The second-order valence-electron chi connectivity index (χ2n) is 9.85. The van der Waals surface area contributed by atoms with Gasteiger partial charge in [0, 0.05) is 22.9 Å². The van der Waals surface area contributed by atoms with Crippen LogP contribution in [0.3, 0.4) is 0 Å². The summed E-state index contributed by atoms with van der Waals surface area (Å²) < 4.78 is 1.93. The van der Waals surface area contributed by atoms with Crippen LogP contribution in [0.25, 0.3) is 17.1 Å². The quantitative estimate of drug-likeness (QED) is 0.116. The lowest BCUT2D eigenvalue weighted by Crippen LogP contribution is -2.20. The maximum atomic E-state index is 12.5. The van der Waals surface area contributed by atoms with E-state index in [1.807, 2.05) is 47.9 Å². The number of thioether (sulfide) groups is 1. The fraction of sp³-hybridized carbons (Fsp3) is 0.214. The highest BCUT2D eigenvalue weighted by atomic mass is 35.5. The molecule has 1 heterocycles. The van der Waals surface area contributed by atoms with E-state index in [9.17, 15) is 14.9 Å². The zero-order valence-corrected chi connectivity index (χ0v) is 23.5. The number of halogens is 1. The number of nitro groups is 1. The largest absolute Gasteiger partial charge is 0.288 e. The summed E-state index contributed by atoms with van der Waals surface area (Å²) in [7, 11) is 0. The fourth-order valence-corrected chi connectivity index (χ4v) is 4.62. The van der Waals surface area contributed by atoms with E-state index in [1.165, 1.54) is 35.7 Å². The van der Waals surface area contributed by atoms with Crippen LogP contribution in [-0.2, 0) is 10.2 Å². The SMILES string of the molecule is Cc1ccc(-n2c(SCC(=O)N/N=C\c3ccc(Cl)c([N+](=O)[O-])c3)nnc2-c2ccc(C(C)(C)C)cc2)cc1. The number of hydrogen-bond donors (Lipinski definition) is 1. The number of carbonyl (C=O) groups is 1. The summed E-state index contributed by atoms with van der Waals surface area (Å²) in [5, 5.41) is 24.4. The molecule has 0 unspecified atom stereocenters. The Labute approximate surface area is 235 Å². The van der Waals surface area contributed by atoms with Gasteiger partial charge >= 0.3 is 0 Å². The molecule has 1 N–H and O–H groups in total. The molecule has 0 fully saturated rings. The number of nitro benzene ring substituents is 1. The van der Waals surface area contributed by atoms with Gasteiger partial charge in [0.25, 0.3) is 11.6 Å². The van der Waals surface area contributed by atoms with Crippen molar-refractivity contribution in [2.24, 2.45) is 5.10 Å². The Kier molecular flexibility index (Phi) is 8.47. The smallest absolute Gasteiger partial charge is 0.272 e. The number of aryl methyl sites for hydroxylation is 1. The standard InChI is InChI=1S/C28H27ClN6O3S/c1-18-5-12-22(13-6-18)34-26(20-8-10-21(11-9-20)28(2,3)4)32-33-27(34)39-17-25(36)31-30-16-19-7-14-23(29)24(15-19)35(37)38/h5-16H,17H2,1-4H3,(H,31,36)/b30-16-. The molecular weight excluding hydrogens is 536 g/mol. The lowest BCUT2D eigenvalue weighted by molar-refractivity contribution is -0.384. The minimum atomic E-state index is -0.577. The van der Waals surface area contributed by atoms with E-state index in [2.05, 4.69) is 53.6 Å². The summed E-state index contributed by atoms with van der Waals surface area (Å²) in [5.41, 5.74) is 6.80. The molecule has 0 radical (unpaired) electrons. The van der Waals surface area contributed by atoms with Crippen LogP contribution in [0.5, 0.6) is 0 Å². The van der Waals surface area contributed by atoms with Gasteiger partial charge in [0.1, 0.15) is 5.02 Å². The number of benzene rings is 3. The molecule has 200 valence electrons. The number of nitrogens with zero attached hydrogens (tertiary/aromatic N) is 5. The van der Waals surface area contributed by atoms with Gasteiger partial charge in [-0.05, 0) is 36.1 Å². The Bertz CT molecular complexity index is 1530. The van der Waals surface area contributed by atoms with Crippen molar-refractivity contribution in [1.82, 2.24) is 20.2 Å². The van der Waals surface area contributed by atoms with Gasteiger partial charge < -0.3 is 0 Å². The summed E-state index contributed by atoms with van der Waals surface area (Å²) >= 11 is 7.06. The van der Waals surface area contributed by atoms with Crippen molar-refractivity contribution in [2.45, 2.75) is 38.3 Å². The zero-order valence-electron chi connectivity index (χ0n) is 21.9. The molecule has 0 spiro atoms. The van der Waals surface area contributed by atoms with Crippen molar-refractivity contribution in [3.8, 4) is 17.1 Å². The molecule has 1 amide bonds. The third kappa shape index (κ3) is 6.90. The third-order valence-corrected chi connectivity index (χ3v) is 7.09. The molecule has 0 saturated carbocycles. The van der Waals surface area contributed by atoms with Gasteiger partial charge in [-0.15, -0.1) is 10.2 Å². The average molecular weight is 563 g/mol. The predicted octanol–water partition coefficient (Wildman–Crippen LogP) is 6.34. The molecule has 39 heavy (non-hydrogen) atoms. The summed E-state index contributed by atoms with van der Waals surface area (Å²) in [4.78, 5) is 23.0. The first-order valence-corrected chi connectivity index (χ1v) is 13.4. The Morgan fingerprint density at radius 3 is 2.44 bits per heavy atom. The minimum absolute atomic E-state index is 0.0276. The molecule has 4 rings (SSSR count). The molecule has 0 atom stereocenters. The van der Waals surface area contributed by atoms with E-state index in [4.69, 9.17) is 11.6 Å². The van der Waals surface area contributed by atoms with Crippen LogP contribution in [0, 0.1) is 17.0 Å². The van der Waals surface area contributed by atoms with E-state index in [0.29, 0.717) is 16.5 Å². The average Bonchev–Trinajstić information content (AvgIpc) is 3.32. The summed E-state index contributed by atoms with van der Waals surface area (Å²) in [6, 6.07) is 20.5. The Hall–Kier alpha value is -4.02.